The molecule has 6 nitrogen and oxygen atoms in total. The Morgan fingerprint density at radius 2 is 2.00 bits per heavy atom. The third kappa shape index (κ3) is 3.53. The first-order valence-electron chi connectivity index (χ1n) is 9.02. The van der Waals surface area contributed by atoms with E-state index in [1.807, 2.05) is 36.4 Å². The van der Waals surface area contributed by atoms with Crippen LogP contribution in [0.2, 0.25) is 5.15 Å². The van der Waals surface area contributed by atoms with Crippen LogP contribution >= 0.6 is 11.6 Å². The molecule has 0 unspecified atom stereocenters. The highest BCUT2D eigenvalue weighted by Crippen LogP contribution is 2.37. The molecule has 0 bridgehead atoms. The Labute approximate surface area is 173 Å². The fraction of sp³-hybridized carbons (Fsp3) is 0.182. The van der Waals surface area contributed by atoms with E-state index in [-0.39, 0.29) is 11.9 Å². The van der Waals surface area contributed by atoms with Gasteiger partial charge in [-0.2, -0.15) is 10.4 Å². The predicted octanol–water partition coefficient (Wildman–Crippen LogP) is 4.47. The molecule has 0 fully saturated rings. The number of amides is 1. The van der Waals surface area contributed by atoms with E-state index in [0.717, 1.165) is 27.7 Å². The lowest BCUT2D eigenvalue weighted by Crippen LogP contribution is -2.24. The summed E-state index contributed by atoms with van der Waals surface area (Å²) < 4.78 is 5.25. The SMILES string of the molecule is COc1ccc2cc([C@H]3CC(c4ccc(C#N)cc4)=NN3C(C)=O)c(Cl)nc2c1. The summed E-state index contributed by atoms with van der Waals surface area (Å²) in [6.45, 7) is 1.48. The third-order valence-electron chi connectivity index (χ3n) is 4.94. The van der Waals surface area contributed by atoms with Crippen molar-refractivity contribution in [2.24, 2.45) is 5.10 Å². The molecule has 0 saturated carbocycles. The Bertz CT molecular complexity index is 1180. The Morgan fingerprint density at radius 3 is 2.66 bits per heavy atom. The van der Waals surface area contributed by atoms with Crippen LogP contribution in [-0.4, -0.2) is 28.7 Å². The van der Waals surface area contributed by atoms with Crippen LogP contribution in [0, 0.1) is 11.3 Å². The smallest absolute Gasteiger partial charge is 0.240 e. The topological polar surface area (TPSA) is 78.6 Å². The van der Waals surface area contributed by atoms with E-state index in [4.69, 9.17) is 21.6 Å². The van der Waals surface area contributed by atoms with E-state index in [9.17, 15) is 4.79 Å². The van der Waals surface area contributed by atoms with E-state index in [1.54, 1.807) is 19.2 Å². The number of hydrazone groups is 1. The van der Waals surface area contributed by atoms with Crippen molar-refractivity contribution in [1.82, 2.24) is 9.99 Å². The molecule has 0 N–H and O–H groups in total. The fourth-order valence-electron chi connectivity index (χ4n) is 3.45. The zero-order valence-corrected chi connectivity index (χ0v) is 16.6. The Morgan fingerprint density at radius 1 is 1.24 bits per heavy atom. The maximum atomic E-state index is 12.3. The van der Waals surface area contributed by atoms with Gasteiger partial charge in [0, 0.05) is 30.4 Å². The molecule has 3 aromatic rings. The second kappa shape index (κ2) is 7.53. The number of nitriles is 1. The number of hydrogen-bond acceptors (Lipinski definition) is 5. The Hall–Kier alpha value is -3.43. The molecule has 2 heterocycles. The van der Waals surface area contributed by atoms with Gasteiger partial charge in [0.25, 0.3) is 0 Å². The van der Waals surface area contributed by atoms with Crippen LogP contribution in [0.15, 0.2) is 53.6 Å². The maximum Gasteiger partial charge on any atom is 0.240 e. The molecule has 0 radical (unpaired) electrons. The summed E-state index contributed by atoms with van der Waals surface area (Å²) in [5, 5.41) is 16.2. The molecule has 0 aliphatic carbocycles. The van der Waals surface area contributed by atoms with Gasteiger partial charge in [-0.05, 0) is 35.9 Å². The molecule has 1 aliphatic heterocycles. The van der Waals surface area contributed by atoms with Crippen molar-refractivity contribution in [2.45, 2.75) is 19.4 Å². The van der Waals surface area contributed by atoms with E-state index < -0.39 is 0 Å². The van der Waals surface area contributed by atoms with Gasteiger partial charge in [-0.3, -0.25) is 4.79 Å². The van der Waals surface area contributed by atoms with Crippen LogP contribution in [-0.2, 0) is 4.79 Å². The molecule has 1 aromatic heterocycles. The van der Waals surface area contributed by atoms with Gasteiger partial charge in [0.15, 0.2) is 0 Å². The summed E-state index contributed by atoms with van der Waals surface area (Å²) in [5.74, 6) is 0.524. The monoisotopic (exact) mass is 404 g/mol. The number of methoxy groups -OCH3 is 1. The molecule has 0 saturated heterocycles. The van der Waals surface area contributed by atoms with Gasteiger partial charge in [-0.15, -0.1) is 0 Å². The van der Waals surface area contributed by atoms with Gasteiger partial charge in [-0.1, -0.05) is 23.7 Å². The minimum atomic E-state index is -0.343. The summed E-state index contributed by atoms with van der Waals surface area (Å²) in [6, 6.07) is 16.4. The summed E-state index contributed by atoms with van der Waals surface area (Å²) >= 11 is 6.51. The quantitative estimate of drug-likeness (QED) is 0.603. The normalized spacial score (nSPS) is 15.9. The Kier molecular flexibility index (Phi) is 4.91. The zero-order chi connectivity index (χ0) is 20.5. The van der Waals surface area contributed by atoms with Crippen molar-refractivity contribution in [3.05, 3.63) is 70.4 Å². The average Bonchev–Trinajstić information content (AvgIpc) is 3.18. The highest BCUT2D eigenvalue weighted by atomic mass is 35.5. The number of carbonyl (C=O) groups is 1. The van der Waals surface area contributed by atoms with Gasteiger partial charge < -0.3 is 4.74 Å². The number of pyridine rings is 1. The van der Waals surface area contributed by atoms with Crippen LogP contribution in [0.1, 0.15) is 36.1 Å². The Balaban J connectivity index is 1.73. The molecule has 29 heavy (non-hydrogen) atoms. The fourth-order valence-corrected chi connectivity index (χ4v) is 3.73. The molecule has 1 amide bonds. The van der Waals surface area contributed by atoms with Gasteiger partial charge in [0.2, 0.25) is 5.91 Å². The number of aromatic nitrogens is 1. The number of ether oxygens (including phenoxy) is 1. The number of halogens is 1. The maximum absolute atomic E-state index is 12.3. The molecule has 1 atom stereocenters. The van der Waals surface area contributed by atoms with Gasteiger partial charge in [0.1, 0.15) is 10.9 Å². The van der Waals surface area contributed by atoms with E-state index in [0.29, 0.717) is 22.9 Å². The molecule has 4 rings (SSSR count). The molecule has 2 aromatic carbocycles. The number of benzene rings is 2. The summed E-state index contributed by atoms with van der Waals surface area (Å²) in [6.07, 6.45) is 0.508. The number of hydrogen-bond donors (Lipinski definition) is 0. The highest BCUT2D eigenvalue weighted by molar-refractivity contribution is 6.30. The standard InChI is InChI=1S/C22H17ClN4O2/c1-13(28)27-21(11-20(26-27)15-5-3-14(12-24)4-6-15)18-9-16-7-8-17(29-2)10-19(16)25-22(18)23/h3-10,21H,11H2,1-2H3/t21-/m1/s1. The van der Waals surface area contributed by atoms with E-state index in [2.05, 4.69) is 16.2 Å². The van der Waals surface area contributed by atoms with E-state index in [1.165, 1.54) is 11.9 Å². The molecule has 144 valence electrons. The largest absolute Gasteiger partial charge is 0.497 e. The number of rotatable bonds is 3. The first-order chi connectivity index (χ1) is 14.0. The van der Waals surface area contributed by atoms with Crippen LogP contribution in [0.5, 0.6) is 5.75 Å². The molecule has 1 aliphatic rings. The number of nitrogens with zero attached hydrogens (tertiary/aromatic N) is 4. The van der Waals surface area contributed by atoms with Crippen LogP contribution in [0.25, 0.3) is 10.9 Å². The third-order valence-corrected chi connectivity index (χ3v) is 5.25. The second-order valence-electron chi connectivity index (χ2n) is 6.75. The lowest BCUT2D eigenvalue weighted by molar-refractivity contribution is -0.130. The van der Waals surface area contributed by atoms with E-state index >= 15 is 0 Å². The molecular weight excluding hydrogens is 388 g/mol. The van der Waals surface area contributed by atoms with Crippen molar-refractivity contribution in [3.63, 3.8) is 0 Å². The predicted molar refractivity (Wildman–Crippen MR) is 111 cm³/mol. The van der Waals surface area contributed by atoms with Gasteiger partial charge >= 0.3 is 0 Å². The highest BCUT2D eigenvalue weighted by Gasteiger charge is 2.33. The number of carbonyl (C=O) groups excluding carboxylic acids is 1. The molecular formula is C22H17ClN4O2. The average molecular weight is 405 g/mol. The van der Waals surface area contributed by atoms with Crippen molar-refractivity contribution in [2.75, 3.05) is 7.11 Å². The first kappa shape index (κ1) is 18.9. The summed E-state index contributed by atoms with van der Waals surface area (Å²) in [5.41, 5.74) is 3.67. The zero-order valence-electron chi connectivity index (χ0n) is 15.9. The summed E-state index contributed by atoms with van der Waals surface area (Å²) in [4.78, 5) is 16.8. The van der Waals surface area contributed by atoms with Crippen molar-refractivity contribution in [1.29, 1.82) is 5.26 Å². The van der Waals surface area contributed by atoms with Crippen LogP contribution in [0.4, 0.5) is 0 Å². The first-order valence-corrected chi connectivity index (χ1v) is 9.40. The second-order valence-corrected chi connectivity index (χ2v) is 7.10. The lowest BCUT2D eigenvalue weighted by Gasteiger charge is -2.21. The molecule has 7 heteroatoms. The molecule has 0 spiro atoms. The van der Waals surface area contributed by atoms with Crippen molar-refractivity contribution < 1.29 is 9.53 Å². The minimum Gasteiger partial charge on any atom is -0.497 e. The van der Waals surface area contributed by atoms with Crippen molar-refractivity contribution in [3.8, 4) is 11.8 Å². The van der Waals surface area contributed by atoms with Crippen LogP contribution in [0.3, 0.4) is 0 Å². The number of fused-ring (bicyclic) bond motifs is 1. The van der Waals surface area contributed by atoms with Crippen molar-refractivity contribution >= 4 is 34.1 Å². The van der Waals surface area contributed by atoms with Gasteiger partial charge in [0.05, 0.1) is 36.0 Å². The minimum absolute atomic E-state index is 0.176. The van der Waals surface area contributed by atoms with Crippen LogP contribution < -0.4 is 4.74 Å². The summed E-state index contributed by atoms with van der Waals surface area (Å²) in [7, 11) is 1.60. The van der Waals surface area contributed by atoms with Gasteiger partial charge in [-0.25, -0.2) is 9.99 Å². The lowest BCUT2D eigenvalue weighted by atomic mass is 9.98.